The first-order valence-corrected chi connectivity index (χ1v) is 8.86. The van der Waals surface area contributed by atoms with Crippen LogP contribution in [-0.2, 0) is 6.18 Å². The van der Waals surface area contributed by atoms with Gasteiger partial charge in [0, 0.05) is 11.8 Å². The van der Waals surface area contributed by atoms with Crippen LogP contribution in [0.2, 0.25) is 0 Å². The first-order valence-electron chi connectivity index (χ1n) is 8.86. The van der Waals surface area contributed by atoms with Crippen molar-refractivity contribution in [1.82, 2.24) is 4.98 Å². The molecule has 3 rings (SSSR count). The minimum absolute atomic E-state index is 0.197. The molecule has 0 unspecified atom stereocenters. The van der Waals surface area contributed by atoms with Crippen LogP contribution in [0.25, 0.3) is 11.1 Å². The van der Waals surface area contributed by atoms with Crippen LogP contribution in [0.4, 0.5) is 18.9 Å². The van der Waals surface area contributed by atoms with Crippen LogP contribution in [0.3, 0.4) is 0 Å². The van der Waals surface area contributed by atoms with E-state index in [1.807, 2.05) is 6.92 Å². The summed E-state index contributed by atoms with van der Waals surface area (Å²) in [7, 11) is 0. The molecule has 0 bridgehead atoms. The van der Waals surface area contributed by atoms with Crippen LogP contribution in [0.5, 0.6) is 11.5 Å². The van der Waals surface area contributed by atoms with E-state index in [1.165, 1.54) is 12.3 Å². The molecule has 0 aliphatic rings. The van der Waals surface area contributed by atoms with Crippen molar-refractivity contribution >= 4 is 11.6 Å². The molecule has 30 heavy (non-hydrogen) atoms. The predicted molar refractivity (Wildman–Crippen MR) is 105 cm³/mol. The van der Waals surface area contributed by atoms with E-state index in [1.54, 1.807) is 24.3 Å². The van der Waals surface area contributed by atoms with Crippen molar-refractivity contribution in [3.63, 3.8) is 0 Å². The number of amides is 1. The highest BCUT2D eigenvalue weighted by atomic mass is 19.4. The van der Waals surface area contributed by atoms with Gasteiger partial charge in [-0.25, -0.2) is 0 Å². The molecule has 0 aliphatic carbocycles. The Bertz CT molecular complexity index is 1120. The molecule has 1 aromatic heterocycles. The van der Waals surface area contributed by atoms with Gasteiger partial charge in [0.1, 0.15) is 11.5 Å². The zero-order valence-corrected chi connectivity index (χ0v) is 15.7. The number of ether oxygens (including phenoxy) is 1. The Morgan fingerprint density at radius 1 is 1.13 bits per heavy atom. The van der Waals surface area contributed by atoms with Crippen molar-refractivity contribution in [2.45, 2.75) is 13.1 Å². The smallest absolute Gasteiger partial charge is 0.416 e. The Morgan fingerprint density at radius 2 is 1.83 bits per heavy atom. The second kappa shape index (κ2) is 8.32. The van der Waals surface area contributed by atoms with Crippen LogP contribution in [-0.4, -0.2) is 22.6 Å². The van der Waals surface area contributed by atoms with Crippen molar-refractivity contribution in [3.05, 3.63) is 76.2 Å². The van der Waals surface area contributed by atoms with Crippen molar-refractivity contribution < 1.29 is 27.8 Å². The highest BCUT2D eigenvalue weighted by Gasteiger charge is 2.31. The monoisotopic (exact) mass is 418 g/mol. The van der Waals surface area contributed by atoms with Crippen molar-refractivity contribution in [2.24, 2.45) is 0 Å². The molecule has 9 heteroatoms. The average molecular weight is 418 g/mol. The molecule has 1 amide bonds. The minimum Gasteiger partial charge on any atom is -0.507 e. The number of carbonyl (C=O) groups is 1. The van der Waals surface area contributed by atoms with Crippen molar-refractivity contribution in [2.75, 3.05) is 11.9 Å². The molecule has 0 atom stereocenters. The van der Waals surface area contributed by atoms with Gasteiger partial charge >= 0.3 is 6.18 Å². The fourth-order valence-electron chi connectivity index (χ4n) is 2.77. The molecule has 0 spiro atoms. The van der Waals surface area contributed by atoms with Gasteiger partial charge in [-0.05, 0) is 48.9 Å². The largest absolute Gasteiger partial charge is 0.507 e. The van der Waals surface area contributed by atoms with Gasteiger partial charge in [0.15, 0.2) is 0 Å². The van der Waals surface area contributed by atoms with E-state index in [9.17, 15) is 27.9 Å². The lowest BCUT2D eigenvalue weighted by molar-refractivity contribution is -0.137. The number of nitrogens with one attached hydrogen (secondary N) is 2. The molecule has 6 nitrogen and oxygen atoms in total. The van der Waals surface area contributed by atoms with E-state index in [2.05, 4.69) is 10.3 Å². The number of carbonyl (C=O) groups excluding carboxylic acids is 1. The highest BCUT2D eigenvalue weighted by molar-refractivity contribution is 6.06. The topological polar surface area (TPSA) is 91.4 Å². The van der Waals surface area contributed by atoms with Crippen LogP contribution in [0.1, 0.15) is 22.8 Å². The number of benzene rings is 2. The third kappa shape index (κ3) is 4.62. The molecule has 156 valence electrons. The normalized spacial score (nSPS) is 11.2. The summed E-state index contributed by atoms with van der Waals surface area (Å²) in [5.41, 5.74) is -0.756. The lowest BCUT2D eigenvalue weighted by Crippen LogP contribution is -2.16. The molecule has 0 fully saturated rings. The Kier molecular flexibility index (Phi) is 5.81. The van der Waals surface area contributed by atoms with Gasteiger partial charge in [0.05, 0.1) is 23.4 Å². The Labute approximate surface area is 169 Å². The summed E-state index contributed by atoms with van der Waals surface area (Å²) in [5.74, 6) is -0.996. The van der Waals surface area contributed by atoms with Crippen LogP contribution < -0.4 is 15.6 Å². The Balaban J connectivity index is 1.85. The number of alkyl halides is 3. The summed E-state index contributed by atoms with van der Waals surface area (Å²) in [6, 6.07) is 10.2. The Hall–Kier alpha value is -3.75. The van der Waals surface area contributed by atoms with Crippen LogP contribution in [0.15, 0.2) is 59.5 Å². The van der Waals surface area contributed by atoms with Gasteiger partial charge in [0.25, 0.3) is 11.5 Å². The maximum Gasteiger partial charge on any atom is 0.416 e. The summed E-state index contributed by atoms with van der Waals surface area (Å²) < 4.78 is 43.5. The van der Waals surface area contributed by atoms with Gasteiger partial charge in [-0.2, -0.15) is 13.2 Å². The SMILES string of the molecule is CCOc1ccc(-c2cc(NC(=O)c3ccc(C(F)(F)F)cc3O)c[nH]c2=O)cc1. The maximum atomic E-state index is 12.7. The number of phenolic OH excluding ortho intramolecular Hbond substituents is 1. The van der Waals surface area contributed by atoms with Crippen LogP contribution >= 0.6 is 0 Å². The molecule has 0 saturated heterocycles. The second-order valence-corrected chi connectivity index (χ2v) is 6.27. The van der Waals surface area contributed by atoms with E-state index >= 15 is 0 Å². The average Bonchev–Trinajstić information content (AvgIpc) is 2.69. The predicted octanol–water partition coefficient (Wildman–Crippen LogP) is 4.42. The molecular weight excluding hydrogens is 401 g/mol. The van der Waals surface area contributed by atoms with E-state index < -0.39 is 29.0 Å². The van der Waals surface area contributed by atoms with E-state index in [0.29, 0.717) is 30.1 Å². The molecule has 2 aromatic carbocycles. The quantitative estimate of drug-likeness (QED) is 0.572. The third-order valence-electron chi connectivity index (χ3n) is 4.21. The van der Waals surface area contributed by atoms with E-state index in [4.69, 9.17) is 4.74 Å². The summed E-state index contributed by atoms with van der Waals surface area (Å²) in [6.45, 7) is 2.34. The van der Waals surface area contributed by atoms with Gasteiger partial charge in [0.2, 0.25) is 0 Å². The first kappa shape index (κ1) is 21.0. The zero-order chi connectivity index (χ0) is 21.9. The number of hydrogen-bond acceptors (Lipinski definition) is 4. The van der Waals surface area contributed by atoms with Gasteiger partial charge in [-0.15, -0.1) is 0 Å². The van der Waals surface area contributed by atoms with E-state index in [-0.39, 0.29) is 16.8 Å². The minimum atomic E-state index is -4.64. The third-order valence-corrected chi connectivity index (χ3v) is 4.21. The number of H-pyrrole nitrogens is 1. The fraction of sp³-hybridized carbons (Fsp3) is 0.143. The van der Waals surface area contributed by atoms with Gasteiger partial charge < -0.3 is 20.1 Å². The molecular formula is C21H17F3N2O4. The molecule has 3 aromatic rings. The van der Waals surface area contributed by atoms with Crippen molar-refractivity contribution in [3.8, 4) is 22.6 Å². The van der Waals surface area contributed by atoms with Gasteiger partial charge in [-0.3, -0.25) is 9.59 Å². The maximum absolute atomic E-state index is 12.7. The number of phenols is 1. The molecule has 1 heterocycles. The lowest BCUT2D eigenvalue weighted by atomic mass is 10.1. The number of rotatable bonds is 5. The van der Waals surface area contributed by atoms with Crippen molar-refractivity contribution in [1.29, 1.82) is 0 Å². The fourth-order valence-corrected chi connectivity index (χ4v) is 2.77. The molecule has 0 saturated carbocycles. The molecule has 3 N–H and O–H groups in total. The number of aromatic nitrogens is 1. The number of halogens is 3. The van der Waals surface area contributed by atoms with Gasteiger partial charge in [-0.1, -0.05) is 12.1 Å². The lowest BCUT2D eigenvalue weighted by Gasteiger charge is -2.11. The number of pyridine rings is 1. The number of aromatic hydroxyl groups is 1. The highest BCUT2D eigenvalue weighted by Crippen LogP contribution is 2.33. The van der Waals surface area contributed by atoms with E-state index in [0.717, 1.165) is 6.07 Å². The number of aromatic amines is 1. The first-order chi connectivity index (χ1) is 14.2. The molecule has 0 aliphatic heterocycles. The number of hydrogen-bond donors (Lipinski definition) is 3. The summed E-state index contributed by atoms with van der Waals surface area (Å²) in [4.78, 5) is 27.1. The van der Waals surface area contributed by atoms with Crippen LogP contribution in [0, 0.1) is 0 Å². The molecule has 0 radical (unpaired) electrons. The summed E-state index contributed by atoms with van der Waals surface area (Å²) >= 11 is 0. The number of anilines is 1. The zero-order valence-electron chi connectivity index (χ0n) is 15.7. The summed E-state index contributed by atoms with van der Waals surface area (Å²) in [5, 5.41) is 12.3. The standard InChI is InChI=1S/C21H17F3N2O4/c1-2-30-15-6-3-12(4-7-15)17-10-14(11-25-19(17)28)26-20(29)16-8-5-13(9-18(16)27)21(22,23)24/h3-11,27H,2H2,1H3,(H,25,28)(H,26,29). The summed E-state index contributed by atoms with van der Waals surface area (Å²) in [6.07, 6.45) is -3.39. The Morgan fingerprint density at radius 3 is 2.43 bits per heavy atom. The second-order valence-electron chi connectivity index (χ2n) is 6.27.